The monoisotopic (exact) mass is 473 g/mol. The minimum Gasteiger partial charge on any atom is -0.479 e. The molecule has 4 aromatic rings. The van der Waals surface area contributed by atoms with E-state index in [2.05, 4.69) is 15.3 Å². The molecule has 1 heterocycles. The summed E-state index contributed by atoms with van der Waals surface area (Å²) in [5.74, 6) is 0.820. The normalized spacial score (nSPS) is 12.0. The van der Waals surface area contributed by atoms with Crippen LogP contribution >= 0.6 is 34.8 Å². The Labute approximate surface area is 194 Å². The van der Waals surface area contributed by atoms with Gasteiger partial charge in [-0.05, 0) is 74.0 Å². The second-order valence-corrected chi connectivity index (χ2v) is 8.36. The molecule has 0 fully saturated rings. The lowest BCUT2D eigenvalue weighted by molar-refractivity contribution is -0.122. The van der Waals surface area contributed by atoms with E-state index in [0.29, 0.717) is 26.5 Å². The van der Waals surface area contributed by atoms with E-state index >= 15 is 0 Å². The summed E-state index contributed by atoms with van der Waals surface area (Å²) in [6, 6.07) is 16.0. The number of hydrogen-bond donors (Lipinski definition) is 2. The molecule has 0 aliphatic carbocycles. The number of aromatic nitrogens is 2. The molecule has 2 N–H and O–H groups in total. The van der Waals surface area contributed by atoms with Crippen molar-refractivity contribution >= 4 is 57.4 Å². The first-order valence-electron chi connectivity index (χ1n) is 9.49. The van der Waals surface area contributed by atoms with Crippen molar-refractivity contribution in [2.75, 3.05) is 5.32 Å². The van der Waals surface area contributed by atoms with Gasteiger partial charge in [0.15, 0.2) is 6.10 Å². The summed E-state index contributed by atoms with van der Waals surface area (Å²) in [6.07, 6.45) is -0.748. The molecule has 0 aliphatic rings. The maximum Gasteiger partial charge on any atom is 0.265 e. The van der Waals surface area contributed by atoms with Gasteiger partial charge in [-0.2, -0.15) is 0 Å². The van der Waals surface area contributed by atoms with Crippen LogP contribution in [0.3, 0.4) is 0 Å². The lowest BCUT2D eigenvalue weighted by Crippen LogP contribution is -2.30. The minimum absolute atomic E-state index is 0.298. The number of fused-ring (bicyclic) bond motifs is 1. The molecular formula is C23H18Cl3N3O2. The van der Waals surface area contributed by atoms with E-state index in [1.165, 1.54) is 0 Å². The Morgan fingerprint density at radius 1 is 1.03 bits per heavy atom. The number of rotatable bonds is 5. The van der Waals surface area contributed by atoms with Crippen molar-refractivity contribution in [2.45, 2.75) is 20.0 Å². The van der Waals surface area contributed by atoms with Gasteiger partial charge in [0, 0.05) is 21.3 Å². The molecule has 0 saturated heterocycles. The standard InChI is InChI=1S/C23H18Cl3N3O2/c1-12-9-19-20(11-17(12)25)29-22(28-19)14-3-6-16(7-4-14)27-23(30)13(2)31-21-8-5-15(24)10-18(21)26/h3-11,13H,1-2H3,(H,27,30)(H,28,29). The third-order valence-corrected chi connectivity index (χ3v) is 5.69. The average molecular weight is 475 g/mol. The van der Waals surface area contributed by atoms with Gasteiger partial charge >= 0.3 is 0 Å². The SMILES string of the molecule is Cc1cc2[nH]c(-c3ccc(NC(=O)C(C)Oc4ccc(Cl)cc4Cl)cc3)nc2cc1Cl. The number of hydrogen-bond acceptors (Lipinski definition) is 3. The van der Waals surface area contributed by atoms with Crippen molar-refractivity contribution in [3.8, 4) is 17.1 Å². The summed E-state index contributed by atoms with van der Waals surface area (Å²) in [4.78, 5) is 20.4. The van der Waals surface area contributed by atoms with Gasteiger partial charge in [0.2, 0.25) is 0 Å². The van der Waals surface area contributed by atoms with Gasteiger partial charge in [0.25, 0.3) is 5.91 Å². The Morgan fingerprint density at radius 2 is 1.77 bits per heavy atom. The number of H-pyrrole nitrogens is 1. The molecule has 31 heavy (non-hydrogen) atoms. The van der Waals surface area contributed by atoms with Crippen molar-refractivity contribution in [1.82, 2.24) is 9.97 Å². The molecule has 3 aromatic carbocycles. The van der Waals surface area contributed by atoms with Crippen LogP contribution in [0, 0.1) is 6.92 Å². The number of anilines is 1. The molecular weight excluding hydrogens is 457 g/mol. The van der Waals surface area contributed by atoms with Gasteiger partial charge in [-0.25, -0.2) is 4.98 Å². The van der Waals surface area contributed by atoms with Crippen LogP contribution in [0.1, 0.15) is 12.5 Å². The van der Waals surface area contributed by atoms with E-state index in [1.807, 2.05) is 31.2 Å². The van der Waals surface area contributed by atoms with E-state index < -0.39 is 6.10 Å². The van der Waals surface area contributed by atoms with Crippen LogP contribution in [0.25, 0.3) is 22.4 Å². The molecule has 4 rings (SSSR count). The van der Waals surface area contributed by atoms with Crippen LogP contribution in [-0.4, -0.2) is 22.0 Å². The Morgan fingerprint density at radius 3 is 2.48 bits per heavy atom. The molecule has 5 nitrogen and oxygen atoms in total. The van der Waals surface area contributed by atoms with Crippen LogP contribution in [0.2, 0.25) is 15.1 Å². The third-order valence-electron chi connectivity index (χ3n) is 4.76. The summed E-state index contributed by atoms with van der Waals surface area (Å²) in [5, 5.41) is 4.36. The fraction of sp³-hybridized carbons (Fsp3) is 0.130. The topological polar surface area (TPSA) is 67.0 Å². The predicted molar refractivity (Wildman–Crippen MR) is 126 cm³/mol. The van der Waals surface area contributed by atoms with E-state index in [4.69, 9.17) is 39.5 Å². The molecule has 1 amide bonds. The van der Waals surface area contributed by atoms with Crippen molar-refractivity contribution in [3.63, 3.8) is 0 Å². The molecule has 0 saturated carbocycles. The zero-order valence-electron chi connectivity index (χ0n) is 16.7. The number of aryl methyl sites for hydroxylation is 1. The lowest BCUT2D eigenvalue weighted by atomic mass is 10.2. The average Bonchev–Trinajstić information content (AvgIpc) is 3.13. The number of benzene rings is 3. The van der Waals surface area contributed by atoms with Crippen molar-refractivity contribution in [2.24, 2.45) is 0 Å². The Kier molecular flexibility index (Phi) is 6.10. The van der Waals surface area contributed by atoms with E-state index in [9.17, 15) is 4.79 Å². The van der Waals surface area contributed by atoms with E-state index in [0.717, 1.165) is 28.0 Å². The second-order valence-electron chi connectivity index (χ2n) is 7.11. The Bertz CT molecular complexity index is 1230. The van der Waals surface area contributed by atoms with Crippen LogP contribution in [0.4, 0.5) is 5.69 Å². The smallest absolute Gasteiger partial charge is 0.265 e. The highest BCUT2D eigenvalue weighted by atomic mass is 35.5. The number of halogens is 3. The number of amides is 1. The highest BCUT2D eigenvalue weighted by molar-refractivity contribution is 6.35. The van der Waals surface area contributed by atoms with Crippen molar-refractivity contribution in [3.05, 3.63) is 75.2 Å². The van der Waals surface area contributed by atoms with Crippen molar-refractivity contribution in [1.29, 1.82) is 0 Å². The summed E-state index contributed by atoms with van der Waals surface area (Å²) >= 11 is 18.2. The number of imidazole rings is 1. The minimum atomic E-state index is -0.748. The summed E-state index contributed by atoms with van der Waals surface area (Å²) in [6.45, 7) is 3.60. The summed E-state index contributed by atoms with van der Waals surface area (Å²) in [7, 11) is 0. The van der Waals surface area contributed by atoms with E-state index in [-0.39, 0.29) is 5.91 Å². The van der Waals surface area contributed by atoms with Gasteiger partial charge in [0.1, 0.15) is 11.6 Å². The Hall–Kier alpha value is -2.73. The maximum atomic E-state index is 12.5. The molecule has 1 unspecified atom stereocenters. The first-order valence-corrected chi connectivity index (χ1v) is 10.6. The molecule has 0 bridgehead atoms. The van der Waals surface area contributed by atoms with Crippen LogP contribution in [-0.2, 0) is 4.79 Å². The highest BCUT2D eigenvalue weighted by Crippen LogP contribution is 2.29. The van der Waals surface area contributed by atoms with Gasteiger partial charge in [-0.1, -0.05) is 34.8 Å². The second kappa shape index (κ2) is 8.79. The molecule has 8 heteroatoms. The first-order chi connectivity index (χ1) is 14.8. The zero-order valence-corrected chi connectivity index (χ0v) is 18.9. The van der Waals surface area contributed by atoms with Gasteiger partial charge in [-0.15, -0.1) is 0 Å². The molecule has 158 valence electrons. The molecule has 1 aromatic heterocycles. The zero-order chi connectivity index (χ0) is 22.1. The summed E-state index contributed by atoms with van der Waals surface area (Å²) < 4.78 is 5.65. The first kappa shape index (κ1) is 21.5. The quantitative estimate of drug-likeness (QED) is 0.330. The fourth-order valence-corrected chi connectivity index (χ4v) is 3.66. The van der Waals surface area contributed by atoms with Crippen molar-refractivity contribution < 1.29 is 9.53 Å². The number of carbonyl (C=O) groups excluding carboxylic acids is 1. The lowest BCUT2D eigenvalue weighted by Gasteiger charge is -2.16. The third kappa shape index (κ3) is 4.79. The van der Waals surface area contributed by atoms with Crippen LogP contribution in [0.5, 0.6) is 5.75 Å². The number of nitrogens with zero attached hydrogens (tertiary/aromatic N) is 1. The summed E-state index contributed by atoms with van der Waals surface area (Å²) in [5.41, 5.74) is 4.23. The molecule has 0 radical (unpaired) electrons. The highest BCUT2D eigenvalue weighted by Gasteiger charge is 2.17. The number of aromatic amines is 1. The molecule has 1 atom stereocenters. The number of carbonyl (C=O) groups is 1. The number of nitrogens with one attached hydrogen (secondary N) is 2. The molecule has 0 aliphatic heterocycles. The largest absolute Gasteiger partial charge is 0.479 e. The van der Waals surface area contributed by atoms with E-state index in [1.54, 1.807) is 37.3 Å². The Balaban J connectivity index is 1.45. The predicted octanol–water partition coefficient (Wildman–Crippen LogP) is 6.90. The number of ether oxygens (including phenoxy) is 1. The van der Waals surface area contributed by atoms with Gasteiger partial charge in [-0.3, -0.25) is 4.79 Å². The maximum absolute atomic E-state index is 12.5. The van der Waals surface area contributed by atoms with Gasteiger partial charge in [0.05, 0.1) is 16.1 Å². The van der Waals surface area contributed by atoms with Crippen LogP contribution in [0.15, 0.2) is 54.6 Å². The molecule has 0 spiro atoms. The van der Waals surface area contributed by atoms with Gasteiger partial charge < -0.3 is 15.0 Å². The van der Waals surface area contributed by atoms with Crippen LogP contribution < -0.4 is 10.1 Å². The fourth-order valence-electron chi connectivity index (χ4n) is 3.05.